The van der Waals surface area contributed by atoms with Gasteiger partial charge in [-0.2, -0.15) is 0 Å². The highest BCUT2D eigenvalue weighted by atomic mass is 79.9. The van der Waals surface area contributed by atoms with Crippen molar-refractivity contribution in [2.75, 3.05) is 11.5 Å². The normalized spacial score (nSPS) is 11.1. The zero-order valence-electron chi connectivity index (χ0n) is 11.3. The van der Waals surface area contributed by atoms with E-state index in [9.17, 15) is 0 Å². The van der Waals surface area contributed by atoms with Crippen molar-refractivity contribution in [2.45, 2.75) is 19.3 Å². The highest BCUT2D eigenvalue weighted by Gasteiger charge is 2.17. The number of hydrogen-bond donors (Lipinski definition) is 2. The third-order valence-corrected chi connectivity index (χ3v) is 6.04. The van der Waals surface area contributed by atoms with Gasteiger partial charge in [0.2, 0.25) is 0 Å². The van der Waals surface area contributed by atoms with Gasteiger partial charge in [-0.3, -0.25) is 0 Å². The largest absolute Gasteiger partial charge is 0.397 e. The van der Waals surface area contributed by atoms with Crippen molar-refractivity contribution in [1.29, 1.82) is 0 Å². The fourth-order valence-electron chi connectivity index (χ4n) is 2.27. The van der Waals surface area contributed by atoms with Crippen LogP contribution in [0.2, 0.25) is 0 Å². The van der Waals surface area contributed by atoms with Crippen molar-refractivity contribution < 1.29 is 0 Å². The Morgan fingerprint density at radius 1 is 0.762 bits per heavy atom. The smallest absolute Gasteiger partial charge is 0.0603 e. The van der Waals surface area contributed by atoms with Crippen molar-refractivity contribution in [1.82, 2.24) is 0 Å². The summed E-state index contributed by atoms with van der Waals surface area (Å²) in [6.07, 6.45) is 0.978. The Morgan fingerprint density at radius 2 is 1.05 bits per heavy atom. The highest BCUT2D eigenvalue weighted by molar-refractivity contribution is 9.11. The first-order valence-electron chi connectivity index (χ1n) is 6.34. The third-order valence-electron chi connectivity index (χ3n) is 3.42. The van der Waals surface area contributed by atoms with E-state index in [0.717, 1.165) is 24.3 Å². The van der Waals surface area contributed by atoms with Crippen LogP contribution in [0.15, 0.2) is 42.2 Å². The summed E-state index contributed by atoms with van der Waals surface area (Å²) in [5, 5.41) is 0. The van der Waals surface area contributed by atoms with Crippen molar-refractivity contribution in [3.8, 4) is 0 Å². The molecule has 2 rings (SSSR count). The second-order valence-corrected chi connectivity index (χ2v) is 8.17. The summed E-state index contributed by atoms with van der Waals surface area (Å²) in [5.74, 6) is 0.270. The van der Waals surface area contributed by atoms with Crippen LogP contribution in [0.3, 0.4) is 0 Å². The molecule has 0 aliphatic rings. The monoisotopic (exact) mass is 538 g/mol. The average Bonchev–Trinajstić information content (AvgIpc) is 2.42. The molecule has 0 bridgehead atoms. The molecule has 0 atom stereocenters. The van der Waals surface area contributed by atoms with Crippen LogP contribution in [0.25, 0.3) is 0 Å². The second kappa shape index (κ2) is 7.02. The lowest BCUT2D eigenvalue weighted by molar-refractivity contribution is 0.775. The summed E-state index contributed by atoms with van der Waals surface area (Å²) in [5.41, 5.74) is 15.8. The molecule has 0 saturated carbocycles. The molecule has 0 radical (unpaired) electrons. The van der Waals surface area contributed by atoms with Crippen molar-refractivity contribution in [3.05, 3.63) is 53.3 Å². The minimum Gasteiger partial charge on any atom is -0.397 e. The molecule has 0 heterocycles. The molecule has 2 nitrogen and oxygen atoms in total. The topological polar surface area (TPSA) is 52.0 Å². The van der Waals surface area contributed by atoms with Crippen LogP contribution in [0, 0.1) is 0 Å². The summed E-state index contributed by atoms with van der Waals surface area (Å²) in [7, 11) is 0. The lowest BCUT2D eigenvalue weighted by Crippen LogP contribution is -2.03. The molecule has 21 heavy (non-hydrogen) atoms. The van der Waals surface area contributed by atoms with Crippen LogP contribution in [0.5, 0.6) is 0 Å². The van der Waals surface area contributed by atoms with Crippen LogP contribution in [-0.2, 0) is 0 Å². The summed E-state index contributed by atoms with van der Waals surface area (Å²) < 4.78 is 3.61. The van der Waals surface area contributed by atoms with Gasteiger partial charge in [0, 0.05) is 23.8 Å². The van der Waals surface area contributed by atoms with Crippen LogP contribution in [0.1, 0.15) is 30.4 Å². The molecule has 2 aromatic rings. The van der Waals surface area contributed by atoms with Gasteiger partial charge in [0.15, 0.2) is 0 Å². The molecule has 0 aliphatic carbocycles. The SMILES string of the molecule is CCC(c1cc(Br)c(N)c(Br)c1)c1cc(Br)c(N)c(Br)c1. The number of halogens is 4. The van der Waals surface area contributed by atoms with Gasteiger partial charge < -0.3 is 11.5 Å². The van der Waals surface area contributed by atoms with Gasteiger partial charge in [0.1, 0.15) is 0 Å². The molecule has 6 heteroatoms. The maximum absolute atomic E-state index is 5.97. The molecule has 0 aromatic heterocycles. The van der Waals surface area contributed by atoms with E-state index in [1.807, 2.05) is 0 Å². The highest BCUT2D eigenvalue weighted by Crippen LogP contribution is 2.39. The summed E-state index contributed by atoms with van der Waals surface area (Å²) in [6.45, 7) is 2.17. The lowest BCUT2D eigenvalue weighted by Gasteiger charge is -2.19. The van der Waals surface area contributed by atoms with Gasteiger partial charge in [-0.05, 0) is 106 Å². The Hall–Kier alpha value is -0.0400. The molecule has 0 aliphatic heterocycles. The fourth-order valence-corrected chi connectivity index (χ4v) is 4.72. The molecule has 112 valence electrons. The van der Waals surface area contributed by atoms with Crippen molar-refractivity contribution in [2.24, 2.45) is 0 Å². The summed E-state index contributed by atoms with van der Waals surface area (Å²) in [6, 6.07) is 8.30. The Morgan fingerprint density at radius 3 is 1.29 bits per heavy atom. The van der Waals surface area contributed by atoms with Crippen LogP contribution in [0.4, 0.5) is 11.4 Å². The fraction of sp³-hybridized carbons (Fsp3) is 0.200. The number of benzene rings is 2. The number of anilines is 2. The van der Waals surface area contributed by atoms with E-state index in [4.69, 9.17) is 11.5 Å². The van der Waals surface area contributed by atoms with E-state index in [-0.39, 0.29) is 5.92 Å². The Balaban J connectivity index is 2.54. The Labute approximate surface area is 158 Å². The molecular weight excluding hydrogens is 528 g/mol. The number of nitrogens with two attached hydrogens (primary N) is 2. The summed E-state index contributed by atoms with van der Waals surface area (Å²) in [4.78, 5) is 0. The van der Waals surface area contributed by atoms with Crippen LogP contribution >= 0.6 is 63.7 Å². The average molecular weight is 542 g/mol. The molecule has 0 unspecified atom stereocenters. The quantitative estimate of drug-likeness (QED) is 0.439. The molecule has 0 fully saturated rings. The van der Waals surface area contributed by atoms with Gasteiger partial charge >= 0.3 is 0 Å². The van der Waals surface area contributed by atoms with Crippen molar-refractivity contribution >= 4 is 75.1 Å². The third kappa shape index (κ3) is 3.66. The van der Waals surface area contributed by atoms with E-state index < -0.39 is 0 Å². The van der Waals surface area contributed by atoms with Gasteiger partial charge in [0.05, 0.1) is 11.4 Å². The number of hydrogen-bond acceptors (Lipinski definition) is 2. The molecule has 2 aromatic carbocycles. The molecule has 4 N–H and O–H groups in total. The maximum atomic E-state index is 5.97. The number of rotatable bonds is 3. The minimum atomic E-state index is 0.270. The van der Waals surface area contributed by atoms with E-state index >= 15 is 0 Å². The zero-order chi connectivity index (χ0) is 15.7. The lowest BCUT2D eigenvalue weighted by atomic mass is 9.89. The van der Waals surface area contributed by atoms with Crippen LogP contribution in [-0.4, -0.2) is 0 Å². The predicted molar refractivity (Wildman–Crippen MR) is 105 cm³/mol. The maximum Gasteiger partial charge on any atom is 0.0603 e. The molecule has 0 amide bonds. The minimum absolute atomic E-state index is 0.270. The zero-order valence-corrected chi connectivity index (χ0v) is 17.6. The Kier molecular flexibility index (Phi) is 5.79. The summed E-state index contributed by atoms with van der Waals surface area (Å²) >= 11 is 14.1. The van der Waals surface area contributed by atoms with Crippen molar-refractivity contribution in [3.63, 3.8) is 0 Å². The molecule has 0 saturated heterocycles. The first-order chi connectivity index (χ1) is 9.85. The first kappa shape index (κ1) is 17.3. The van der Waals surface area contributed by atoms with E-state index in [0.29, 0.717) is 11.4 Å². The van der Waals surface area contributed by atoms with Gasteiger partial charge in [-0.15, -0.1) is 0 Å². The number of nitrogen functional groups attached to an aromatic ring is 2. The predicted octanol–water partition coefficient (Wildman–Crippen LogP) is 6.44. The van der Waals surface area contributed by atoms with E-state index in [1.165, 1.54) is 11.1 Å². The van der Waals surface area contributed by atoms with Gasteiger partial charge in [0.25, 0.3) is 0 Å². The van der Waals surface area contributed by atoms with Gasteiger partial charge in [-0.1, -0.05) is 6.92 Å². The second-order valence-electron chi connectivity index (χ2n) is 4.76. The molecular formula is C15H14Br4N2. The molecule has 0 spiro atoms. The first-order valence-corrected chi connectivity index (χ1v) is 9.51. The van der Waals surface area contributed by atoms with Crippen LogP contribution < -0.4 is 11.5 Å². The Bertz CT molecular complexity index is 582. The van der Waals surface area contributed by atoms with Gasteiger partial charge in [-0.25, -0.2) is 0 Å². The standard InChI is InChI=1S/C15H14Br4N2/c1-2-9(7-3-10(16)14(20)11(17)4-7)8-5-12(18)15(21)13(19)6-8/h3-6,9H,2,20-21H2,1H3. The van der Waals surface area contributed by atoms with E-state index in [2.05, 4.69) is 94.9 Å². The van der Waals surface area contributed by atoms with E-state index in [1.54, 1.807) is 0 Å².